The van der Waals surface area contributed by atoms with Gasteiger partial charge in [0, 0.05) is 18.8 Å². The molecular formula is C20H28Cl2N4O4. The van der Waals surface area contributed by atoms with Gasteiger partial charge in [0.1, 0.15) is 11.5 Å². The van der Waals surface area contributed by atoms with E-state index in [0.717, 1.165) is 11.3 Å². The van der Waals surface area contributed by atoms with Gasteiger partial charge in [-0.2, -0.15) is 0 Å². The van der Waals surface area contributed by atoms with Gasteiger partial charge in [-0.25, -0.2) is 4.98 Å². The highest BCUT2D eigenvalue weighted by molar-refractivity contribution is 5.87. The molecule has 1 heterocycles. The fourth-order valence-corrected chi connectivity index (χ4v) is 2.23. The number of rotatable bonds is 9. The van der Waals surface area contributed by atoms with Crippen molar-refractivity contribution in [2.45, 2.75) is 26.4 Å². The highest BCUT2D eigenvalue weighted by atomic mass is 35.5. The second-order valence-electron chi connectivity index (χ2n) is 6.54. The molecule has 0 aliphatic heterocycles. The van der Waals surface area contributed by atoms with Gasteiger partial charge in [-0.05, 0) is 41.8 Å². The molecule has 0 radical (unpaired) electrons. The lowest BCUT2D eigenvalue weighted by molar-refractivity contribution is -0.127. The first-order valence-electron chi connectivity index (χ1n) is 8.96. The summed E-state index contributed by atoms with van der Waals surface area (Å²) < 4.78 is 10.8. The molecule has 1 aromatic heterocycles. The van der Waals surface area contributed by atoms with E-state index in [9.17, 15) is 9.59 Å². The minimum atomic E-state index is -0.634. The molecule has 30 heavy (non-hydrogen) atoms. The van der Waals surface area contributed by atoms with Crippen molar-refractivity contribution in [3.63, 3.8) is 0 Å². The summed E-state index contributed by atoms with van der Waals surface area (Å²) in [6.07, 6.45) is 1.60. The Morgan fingerprint density at radius 2 is 1.70 bits per heavy atom. The molecule has 0 aliphatic rings. The van der Waals surface area contributed by atoms with Crippen LogP contribution in [0.1, 0.15) is 19.4 Å². The molecule has 166 valence electrons. The Kier molecular flexibility index (Phi) is 12.5. The van der Waals surface area contributed by atoms with Crippen molar-refractivity contribution in [1.82, 2.24) is 15.6 Å². The number of aromatic nitrogens is 1. The number of hydrogen-bond acceptors (Lipinski definition) is 6. The van der Waals surface area contributed by atoms with Crippen LogP contribution in [0.3, 0.4) is 0 Å². The number of amides is 2. The second kappa shape index (κ2) is 13.6. The zero-order chi connectivity index (χ0) is 20.5. The number of methoxy groups -OCH3 is 1. The van der Waals surface area contributed by atoms with E-state index in [4.69, 9.17) is 15.2 Å². The summed E-state index contributed by atoms with van der Waals surface area (Å²) in [6, 6.07) is 10.0. The van der Waals surface area contributed by atoms with E-state index in [2.05, 4.69) is 15.6 Å². The van der Waals surface area contributed by atoms with Crippen LogP contribution in [0.15, 0.2) is 42.6 Å². The summed E-state index contributed by atoms with van der Waals surface area (Å²) in [7, 11) is 1.60. The minimum absolute atomic E-state index is 0. The van der Waals surface area contributed by atoms with Crippen molar-refractivity contribution in [1.29, 1.82) is 0 Å². The topological polar surface area (TPSA) is 116 Å². The Balaban J connectivity index is 0.00000420. The first-order valence-corrected chi connectivity index (χ1v) is 8.96. The van der Waals surface area contributed by atoms with Crippen molar-refractivity contribution in [2.24, 2.45) is 11.7 Å². The number of benzene rings is 1. The third-order valence-electron chi connectivity index (χ3n) is 4.01. The predicted octanol–water partition coefficient (Wildman–Crippen LogP) is 2.44. The van der Waals surface area contributed by atoms with Crippen LogP contribution in [0.5, 0.6) is 17.4 Å². The summed E-state index contributed by atoms with van der Waals surface area (Å²) in [5.41, 5.74) is 6.55. The Bertz CT molecular complexity index is 804. The largest absolute Gasteiger partial charge is 0.497 e. The first-order chi connectivity index (χ1) is 13.4. The van der Waals surface area contributed by atoms with Crippen LogP contribution < -0.4 is 25.8 Å². The molecule has 10 heteroatoms. The van der Waals surface area contributed by atoms with Crippen LogP contribution in [0.2, 0.25) is 0 Å². The summed E-state index contributed by atoms with van der Waals surface area (Å²) in [5, 5.41) is 5.26. The lowest BCUT2D eigenvalue weighted by Gasteiger charge is -2.15. The van der Waals surface area contributed by atoms with E-state index in [1.54, 1.807) is 49.7 Å². The van der Waals surface area contributed by atoms with Crippen molar-refractivity contribution >= 4 is 36.6 Å². The molecule has 0 unspecified atom stereocenters. The Morgan fingerprint density at radius 3 is 2.30 bits per heavy atom. The molecule has 0 bridgehead atoms. The fraction of sp³-hybridized carbons (Fsp3) is 0.350. The average molecular weight is 459 g/mol. The molecule has 2 aromatic rings. The number of nitrogens with two attached hydrogens (primary N) is 1. The van der Waals surface area contributed by atoms with Gasteiger partial charge in [0.25, 0.3) is 0 Å². The van der Waals surface area contributed by atoms with Crippen LogP contribution in [0, 0.1) is 5.92 Å². The predicted molar refractivity (Wildman–Crippen MR) is 119 cm³/mol. The molecule has 0 aliphatic carbocycles. The maximum absolute atomic E-state index is 11.9. The smallest absolute Gasteiger partial charge is 0.239 e. The molecule has 4 N–H and O–H groups in total. The van der Waals surface area contributed by atoms with E-state index < -0.39 is 6.04 Å². The van der Waals surface area contributed by atoms with Gasteiger partial charge >= 0.3 is 0 Å². The van der Waals surface area contributed by atoms with Gasteiger partial charge in [0.2, 0.25) is 17.7 Å². The molecule has 0 saturated carbocycles. The number of halogens is 2. The number of nitrogens with zero attached hydrogens (tertiary/aromatic N) is 1. The summed E-state index contributed by atoms with van der Waals surface area (Å²) >= 11 is 0. The number of nitrogens with one attached hydrogen (secondary N) is 2. The maximum Gasteiger partial charge on any atom is 0.239 e. The van der Waals surface area contributed by atoms with Crippen LogP contribution in [0.25, 0.3) is 0 Å². The molecule has 1 atom stereocenters. The summed E-state index contributed by atoms with van der Waals surface area (Å²) in [5.74, 6) is 1.12. The van der Waals surface area contributed by atoms with Crippen LogP contribution in [-0.2, 0) is 16.1 Å². The Labute approximate surface area is 188 Å². The van der Waals surface area contributed by atoms with Gasteiger partial charge < -0.3 is 25.8 Å². The van der Waals surface area contributed by atoms with E-state index in [-0.39, 0.29) is 55.6 Å². The van der Waals surface area contributed by atoms with Gasteiger partial charge in [-0.3, -0.25) is 9.59 Å². The molecule has 2 amide bonds. The Hall–Kier alpha value is -2.55. The van der Waals surface area contributed by atoms with Crippen molar-refractivity contribution in [3.8, 4) is 17.4 Å². The standard InChI is InChI=1S/C20H26N4O4.2ClH/c1-13(2)19(21)20(26)24-12-17(25)23-11-14-8-9-22-18(10-14)28-16-6-4-15(27-3)5-7-16;;/h4-10,13,19H,11-12,21H2,1-3H3,(H,23,25)(H,24,26);2*1H/t19-;;/m0../s1. The van der Waals surface area contributed by atoms with Crippen molar-refractivity contribution in [3.05, 3.63) is 48.2 Å². The molecule has 2 rings (SSSR count). The number of ether oxygens (including phenoxy) is 2. The SMILES string of the molecule is COc1ccc(Oc2cc(CNC(=O)CNC(=O)[C@@H](N)C(C)C)ccn2)cc1.Cl.Cl. The lowest BCUT2D eigenvalue weighted by Crippen LogP contribution is -2.47. The molecule has 0 spiro atoms. The molecule has 0 saturated heterocycles. The third kappa shape index (κ3) is 8.86. The van der Waals surface area contributed by atoms with E-state index in [1.807, 2.05) is 13.8 Å². The third-order valence-corrected chi connectivity index (χ3v) is 4.01. The minimum Gasteiger partial charge on any atom is -0.497 e. The summed E-state index contributed by atoms with van der Waals surface area (Å²) in [6.45, 7) is 3.85. The highest BCUT2D eigenvalue weighted by Crippen LogP contribution is 2.22. The number of pyridine rings is 1. The monoisotopic (exact) mass is 458 g/mol. The Morgan fingerprint density at radius 1 is 1.07 bits per heavy atom. The molecule has 1 aromatic carbocycles. The maximum atomic E-state index is 11.9. The molecular weight excluding hydrogens is 431 g/mol. The lowest BCUT2D eigenvalue weighted by atomic mass is 10.1. The van der Waals surface area contributed by atoms with Gasteiger partial charge in [0.15, 0.2) is 0 Å². The first kappa shape index (κ1) is 27.5. The number of carbonyl (C=O) groups excluding carboxylic acids is 2. The van der Waals surface area contributed by atoms with Crippen LogP contribution in [0.4, 0.5) is 0 Å². The van der Waals surface area contributed by atoms with Crippen LogP contribution >= 0.6 is 24.8 Å². The van der Waals surface area contributed by atoms with Gasteiger partial charge in [-0.15, -0.1) is 24.8 Å². The summed E-state index contributed by atoms with van der Waals surface area (Å²) in [4.78, 5) is 27.9. The fourth-order valence-electron chi connectivity index (χ4n) is 2.23. The van der Waals surface area contributed by atoms with Gasteiger partial charge in [-0.1, -0.05) is 13.8 Å². The quantitative estimate of drug-likeness (QED) is 0.531. The number of hydrogen-bond donors (Lipinski definition) is 3. The van der Waals surface area contributed by atoms with Crippen molar-refractivity contribution in [2.75, 3.05) is 13.7 Å². The van der Waals surface area contributed by atoms with Crippen LogP contribution in [-0.4, -0.2) is 36.5 Å². The van der Waals surface area contributed by atoms with Crippen molar-refractivity contribution < 1.29 is 19.1 Å². The number of carbonyl (C=O) groups is 2. The zero-order valence-electron chi connectivity index (χ0n) is 17.1. The van der Waals surface area contributed by atoms with E-state index >= 15 is 0 Å². The van der Waals surface area contributed by atoms with Gasteiger partial charge in [0.05, 0.1) is 19.7 Å². The van der Waals surface area contributed by atoms with E-state index in [1.165, 1.54) is 0 Å². The highest BCUT2D eigenvalue weighted by Gasteiger charge is 2.17. The molecule has 0 fully saturated rings. The van der Waals surface area contributed by atoms with E-state index in [0.29, 0.717) is 11.6 Å². The average Bonchev–Trinajstić information content (AvgIpc) is 2.70. The normalized spacial score (nSPS) is 10.8. The second-order valence-corrected chi connectivity index (χ2v) is 6.54. The molecule has 8 nitrogen and oxygen atoms in total. The zero-order valence-corrected chi connectivity index (χ0v) is 18.7.